The molecular weight excluding hydrogens is 472 g/mol. The summed E-state index contributed by atoms with van der Waals surface area (Å²) in [6.45, 7) is 42.0. The second-order valence-corrected chi connectivity index (χ2v) is 16.1. The molecule has 6 nitrogen and oxygen atoms in total. The number of allylic oxidation sites excluding steroid dienone is 2. The molecule has 0 saturated carbocycles. The van der Waals surface area contributed by atoms with Gasteiger partial charge in [-0.1, -0.05) is 0 Å². The molecule has 0 atom stereocenters. The van der Waals surface area contributed by atoms with E-state index in [1.165, 1.54) is 11.1 Å². The zero-order chi connectivity index (χ0) is 30.8. The maximum absolute atomic E-state index is 13.0. The van der Waals surface area contributed by atoms with E-state index in [-0.39, 0.29) is 45.3 Å². The minimum atomic E-state index is -0.249. The van der Waals surface area contributed by atoms with Crippen molar-refractivity contribution in [2.24, 2.45) is 0 Å². The first-order valence-electron chi connectivity index (χ1n) is 14.1. The fraction of sp³-hybridized carbons (Fsp3) is 0.812. The first kappa shape index (κ1) is 34.0. The van der Waals surface area contributed by atoms with Crippen LogP contribution in [0.4, 0.5) is 9.59 Å². The fourth-order valence-corrected chi connectivity index (χ4v) is 6.35. The Hall–Kier alpha value is -1.98. The van der Waals surface area contributed by atoms with Gasteiger partial charge in [0.05, 0.1) is 11.1 Å². The molecule has 2 heterocycles. The Morgan fingerprint density at radius 2 is 0.658 bits per heavy atom. The van der Waals surface area contributed by atoms with Gasteiger partial charge >= 0.3 is 12.1 Å². The predicted octanol–water partition coefficient (Wildman–Crippen LogP) is 8.79. The summed E-state index contributed by atoms with van der Waals surface area (Å²) in [4.78, 5) is 33.9. The van der Waals surface area contributed by atoms with Crippen molar-refractivity contribution in [3.8, 4) is 0 Å². The van der Waals surface area contributed by atoms with Crippen LogP contribution < -0.4 is 0 Å². The van der Waals surface area contributed by atoms with Gasteiger partial charge < -0.3 is 9.80 Å². The molecule has 0 aliphatic carbocycles. The summed E-state index contributed by atoms with van der Waals surface area (Å²) in [5.41, 5.74) is 3.38. The zero-order valence-corrected chi connectivity index (χ0v) is 28.6. The van der Waals surface area contributed by atoms with Crippen molar-refractivity contribution >= 4 is 12.1 Å². The standard InChI is InChI=1S/2C16H30N2O/c2*1-11-12(2)17(14(3,4)5)13(19)18(15(6,7)8)16(11,9)10/h2*1-10H3. The molecule has 0 radical (unpaired) electrons. The Labute approximate surface area is 235 Å². The molecule has 0 fully saturated rings. The van der Waals surface area contributed by atoms with Crippen LogP contribution in [0.2, 0.25) is 0 Å². The monoisotopic (exact) mass is 532 g/mol. The van der Waals surface area contributed by atoms with Crippen molar-refractivity contribution < 1.29 is 9.59 Å². The topological polar surface area (TPSA) is 47.1 Å². The molecule has 2 rings (SSSR count). The molecule has 0 bridgehead atoms. The molecule has 0 aromatic rings. The van der Waals surface area contributed by atoms with Crippen LogP contribution in [0.5, 0.6) is 0 Å². The van der Waals surface area contributed by atoms with Gasteiger partial charge in [0.15, 0.2) is 0 Å². The molecule has 4 amide bonds. The van der Waals surface area contributed by atoms with Gasteiger partial charge in [0.25, 0.3) is 0 Å². The lowest BCUT2D eigenvalue weighted by Crippen LogP contribution is -2.66. The highest BCUT2D eigenvalue weighted by Crippen LogP contribution is 2.42. The second kappa shape index (κ2) is 9.89. The van der Waals surface area contributed by atoms with Crippen LogP contribution in [0.3, 0.4) is 0 Å². The molecule has 2 aliphatic heterocycles. The van der Waals surface area contributed by atoms with Gasteiger partial charge in [0.2, 0.25) is 0 Å². The number of hydrogen-bond acceptors (Lipinski definition) is 2. The van der Waals surface area contributed by atoms with Crippen LogP contribution in [0, 0.1) is 0 Å². The second-order valence-electron chi connectivity index (χ2n) is 16.1. The lowest BCUT2D eigenvalue weighted by Gasteiger charge is -2.56. The quantitative estimate of drug-likeness (QED) is 0.313. The first-order valence-corrected chi connectivity index (χ1v) is 14.1. The summed E-state index contributed by atoms with van der Waals surface area (Å²) < 4.78 is 0. The molecule has 0 spiro atoms. The van der Waals surface area contributed by atoms with Gasteiger partial charge in [-0.2, -0.15) is 0 Å². The van der Waals surface area contributed by atoms with Gasteiger partial charge in [-0.15, -0.1) is 0 Å². The Morgan fingerprint density at radius 1 is 0.447 bits per heavy atom. The van der Waals surface area contributed by atoms with Crippen molar-refractivity contribution in [1.29, 1.82) is 0 Å². The van der Waals surface area contributed by atoms with Gasteiger partial charge in [-0.05, 0) is 150 Å². The van der Waals surface area contributed by atoms with Gasteiger partial charge in [-0.25, -0.2) is 9.59 Å². The zero-order valence-electron chi connectivity index (χ0n) is 28.6. The Morgan fingerprint density at radius 3 is 0.816 bits per heavy atom. The van der Waals surface area contributed by atoms with E-state index in [0.717, 1.165) is 11.4 Å². The van der Waals surface area contributed by atoms with Crippen LogP contribution in [0.15, 0.2) is 22.5 Å². The maximum Gasteiger partial charge on any atom is 0.325 e. The van der Waals surface area contributed by atoms with E-state index in [1.54, 1.807) is 0 Å². The van der Waals surface area contributed by atoms with Crippen molar-refractivity contribution in [3.05, 3.63) is 22.5 Å². The molecule has 38 heavy (non-hydrogen) atoms. The first-order chi connectivity index (χ1) is 16.4. The van der Waals surface area contributed by atoms with E-state index < -0.39 is 0 Å². The van der Waals surface area contributed by atoms with Crippen molar-refractivity contribution in [1.82, 2.24) is 19.6 Å². The van der Waals surface area contributed by atoms with Crippen molar-refractivity contribution in [2.75, 3.05) is 0 Å². The number of urea groups is 2. The minimum Gasteiger partial charge on any atom is -0.311 e. The summed E-state index contributed by atoms with van der Waals surface area (Å²) in [5, 5.41) is 0. The van der Waals surface area contributed by atoms with E-state index in [0.29, 0.717) is 0 Å². The highest BCUT2D eigenvalue weighted by molar-refractivity contribution is 5.82. The smallest absolute Gasteiger partial charge is 0.311 e. The van der Waals surface area contributed by atoms with E-state index in [4.69, 9.17) is 0 Å². The minimum absolute atomic E-state index is 0.105. The third kappa shape index (κ3) is 6.09. The van der Waals surface area contributed by atoms with E-state index in [2.05, 4.69) is 138 Å². The predicted molar refractivity (Wildman–Crippen MR) is 162 cm³/mol. The largest absolute Gasteiger partial charge is 0.325 e. The summed E-state index contributed by atoms with van der Waals surface area (Å²) in [6, 6.07) is 0.209. The third-order valence-electron chi connectivity index (χ3n) is 8.16. The van der Waals surface area contributed by atoms with Crippen LogP contribution in [0.1, 0.15) is 138 Å². The SMILES string of the molecule is CC1=C(C)C(C)(C)N(C(C)(C)C)C(=O)N1C(C)(C)C.CC1=C(C)C(C)(C)N(C(C)(C)C)C(=O)N1C(C)(C)C. The Kier molecular flexibility index (Phi) is 8.86. The summed E-state index contributed by atoms with van der Waals surface area (Å²) in [6.07, 6.45) is 0. The summed E-state index contributed by atoms with van der Waals surface area (Å²) >= 11 is 0. The van der Waals surface area contributed by atoms with E-state index >= 15 is 0 Å². The Balaban J connectivity index is 0.000000380. The molecule has 0 N–H and O–H groups in total. The third-order valence-corrected chi connectivity index (χ3v) is 8.16. The summed E-state index contributed by atoms with van der Waals surface area (Å²) in [5.74, 6) is 0. The highest BCUT2D eigenvalue weighted by Gasteiger charge is 2.50. The van der Waals surface area contributed by atoms with Gasteiger partial charge in [0.1, 0.15) is 0 Å². The lowest BCUT2D eigenvalue weighted by molar-refractivity contribution is 0.0310. The summed E-state index contributed by atoms with van der Waals surface area (Å²) in [7, 11) is 0. The number of amides is 4. The van der Waals surface area contributed by atoms with Crippen molar-refractivity contribution in [3.63, 3.8) is 0 Å². The molecule has 0 unspecified atom stereocenters. The average Bonchev–Trinajstić information content (AvgIpc) is 2.60. The normalized spacial score (nSPS) is 21.3. The number of nitrogens with zero attached hydrogens (tertiary/aromatic N) is 4. The fourth-order valence-electron chi connectivity index (χ4n) is 6.35. The average molecular weight is 533 g/mol. The Bertz CT molecular complexity index is 920. The molecule has 0 aromatic heterocycles. The van der Waals surface area contributed by atoms with Crippen LogP contribution >= 0.6 is 0 Å². The van der Waals surface area contributed by atoms with Crippen LogP contribution in [0.25, 0.3) is 0 Å². The molecule has 0 saturated heterocycles. The van der Waals surface area contributed by atoms with Crippen LogP contribution in [-0.4, -0.2) is 64.9 Å². The molecule has 220 valence electrons. The number of carbonyl (C=O) groups is 2. The van der Waals surface area contributed by atoms with Gasteiger partial charge in [-0.3, -0.25) is 9.80 Å². The number of hydrogen-bond donors (Lipinski definition) is 0. The van der Waals surface area contributed by atoms with Crippen molar-refractivity contribution in [2.45, 2.75) is 172 Å². The molecule has 0 aromatic carbocycles. The maximum atomic E-state index is 13.0. The van der Waals surface area contributed by atoms with E-state index in [9.17, 15) is 9.59 Å². The molecule has 6 heteroatoms. The highest BCUT2D eigenvalue weighted by atomic mass is 16.2. The lowest BCUT2D eigenvalue weighted by atomic mass is 9.84. The van der Waals surface area contributed by atoms with E-state index in [1.807, 2.05) is 19.6 Å². The van der Waals surface area contributed by atoms with Crippen LogP contribution in [-0.2, 0) is 0 Å². The van der Waals surface area contributed by atoms with Gasteiger partial charge in [0, 0.05) is 33.5 Å². The molecular formula is C32H60N4O2. The number of rotatable bonds is 0. The number of carbonyl (C=O) groups excluding carboxylic acids is 2. The molecule has 2 aliphatic rings.